The van der Waals surface area contributed by atoms with Gasteiger partial charge in [0, 0.05) is 17.1 Å². The van der Waals surface area contributed by atoms with Gasteiger partial charge in [0.2, 0.25) is 0 Å². The lowest BCUT2D eigenvalue weighted by molar-refractivity contribution is 0.199. The molecular weight excluding hydrogens is 283 g/mol. The normalized spacial score (nSPS) is 12.4. The van der Waals surface area contributed by atoms with Crippen LogP contribution < -0.4 is 0 Å². The molecule has 4 heteroatoms. The van der Waals surface area contributed by atoms with Crippen molar-refractivity contribution in [2.75, 3.05) is 5.75 Å². The van der Waals surface area contributed by atoms with Crippen molar-refractivity contribution in [3.8, 4) is 0 Å². The summed E-state index contributed by atoms with van der Waals surface area (Å²) < 4.78 is 13.7. The van der Waals surface area contributed by atoms with Gasteiger partial charge in [-0.3, -0.25) is 0 Å². The zero-order chi connectivity index (χ0) is 13.7. The molecule has 1 nitrogen and oxygen atoms in total. The van der Waals surface area contributed by atoms with Crippen LogP contribution in [0.1, 0.15) is 5.56 Å². The Morgan fingerprint density at radius 3 is 2.58 bits per heavy atom. The van der Waals surface area contributed by atoms with E-state index in [1.807, 2.05) is 30.3 Å². The predicted molar refractivity (Wildman–Crippen MR) is 78.3 cm³/mol. The minimum atomic E-state index is -0.599. The number of aliphatic hydroxyl groups is 1. The first-order valence-corrected chi connectivity index (χ1v) is 7.32. The molecule has 0 saturated heterocycles. The van der Waals surface area contributed by atoms with Crippen molar-refractivity contribution >= 4 is 23.4 Å². The van der Waals surface area contributed by atoms with Crippen LogP contribution in [0.2, 0.25) is 5.02 Å². The van der Waals surface area contributed by atoms with Gasteiger partial charge in [-0.15, -0.1) is 11.8 Å². The maximum atomic E-state index is 13.7. The quantitative estimate of drug-likeness (QED) is 0.836. The van der Waals surface area contributed by atoms with E-state index in [2.05, 4.69) is 0 Å². The summed E-state index contributed by atoms with van der Waals surface area (Å²) in [6.45, 7) is 0. The van der Waals surface area contributed by atoms with Crippen LogP contribution in [-0.4, -0.2) is 17.0 Å². The van der Waals surface area contributed by atoms with Crippen LogP contribution in [0.4, 0.5) is 4.39 Å². The number of thioether (sulfide) groups is 1. The summed E-state index contributed by atoms with van der Waals surface area (Å²) in [7, 11) is 0. The largest absolute Gasteiger partial charge is 0.392 e. The molecule has 19 heavy (non-hydrogen) atoms. The van der Waals surface area contributed by atoms with E-state index in [1.54, 1.807) is 23.9 Å². The second-order valence-corrected chi connectivity index (χ2v) is 5.70. The summed E-state index contributed by atoms with van der Waals surface area (Å²) in [5.74, 6) is 0.0867. The molecule has 2 aromatic rings. The van der Waals surface area contributed by atoms with Crippen LogP contribution in [-0.2, 0) is 6.42 Å². The smallest absolute Gasteiger partial charge is 0.145 e. The van der Waals surface area contributed by atoms with Gasteiger partial charge in [-0.1, -0.05) is 41.9 Å². The Kier molecular flexibility index (Phi) is 5.25. The Morgan fingerprint density at radius 2 is 1.84 bits per heavy atom. The van der Waals surface area contributed by atoms with Gasteiger partial charge >= 0.3 is 0 Å². The maximum absolute atomic E-state index is 13.7. The molecule has 0 radical (unpaired) electrons. The van der Waals surface area contributed by atoms with Crippen molar-refractivity contribution in [2.45, 2.75) is 17.4 Å². The van der Waals surface area contributed by atoms with Gasteiger partial charge in [-0.05, 0) is 23.8 Å². The minimum absolute atomic E-state index is 0.0976. The van der Waals surface area contributed by atoms with E-state index < -0.39 is 11.9 Å². The second-order valence-electron chi connectivity index (χ2n) is 4.19. The number of rotatable bonds is 5. The first-order chi connectivity index (χ1) is 9.16. The van der Waals surface area contributed by atoms with Gasteiger partial charge in [-0.2, -0.15) is 0 Å². The third kappa shape index (κ3) is 4.23. The summed E-state index contributed by atoms with van der Waals surface area (Å²) in [5, 5.41) is 10.0. The van der Waals surface area contributed by atoms with Crippen molar-refractivity contribution in [2.24, 2.45) is 0 Å². The number of hydrogen-bond donors (Lipinski definition) is 1. The first-order valence-electron chi connectivity index (χ1n) is 5.95. The molecule has 0 spiro atoms. The summed E-state index contributed by atoms with van der Waals surface area (Å²) >= 11 is 7.26. The maximum Gasteiger partial charge on any atom is 0.145 e. The van der Waals surface area contributed by atoms with Crippen molar-refractivity contribution in [1.82, 2.24) is 0 Å². The van der Waals surface area contributed by atoms with E-state index in [4.69, 9.17) is 11.6 Å². The van der Waals surface area contributed by atoms with Crippen molar-refractivity contribution in [3.05, 3.63) is 64.9 Å². The summed E-state index contributed by atoms with van der Waals surface area (Å²) in [4.78, 5) is 1.09. The van der Waals surface area contributed by atoms with Crippen molar-refractivity contribution < 1.29 is 9.50 Å². The fraction of sp³-hybridized carbons (Fsp3) is 0.200. The molecule has 1 atom stereocenters. The zero-order valence-corrected chi connectivity index (χ0v) is 11.8. The number of hydrogen-bond acceptors (Lipinski definition) is 2. The molecule has 1 unspecified atom stereocenters. The van der Waals surface area contributed by atoms with E-state index in [0.717, 1.165) is 4.90 Å². The Hall–Kier alpha value is -1.03. The third-order valence-electron chi connectivity index (χ3n) is 2.67. The van der Waals surface area contributed by atoms with Gasteiger partial charge < -0.3 is 5.11 Å². The number of benzene rings is 2. The van der Waals surface area contributed by atoms with Crippen molar-refractivity contribution in [3.63, 3.8) is 0 Å². The van der Waals surface area contributed by atoms with Gasteiger partial charge in [-0.25, -0.2) is 4.39 Å². The van der Waals surface area contributed by atoms with Crippen LogP contribution in [0.15, 0.2) is 53.4 Å². The lowest BCUT2D eigenvalue weighted by Gasteiger charge is -2.11. The molecule has 0 aliphatic rings. The molecule has 0 aliphatic carbocycles. The lowest BCUT2D eigenvalue weighted by atomic mass is 10.1. The van der Waals surface area contributed by atoms with Crippen LogP contribution in [0.25, 0.3) is 0 Å². The topological polar surface area (TPSA) is 20.2 Å². The monoisotopic (exact) mass is 296 g/mol. The molecular formula is C15H14ClFOS. The molecule has 0 heterocycles. The van der Waals surface area contributed by atoms with Gasteiger partial charge in [0.1, 0.15) is 5.82 Å². The number of aliphatic hydroxyl groups excluding tert-OH is 1. The molecule has 0 aromatic heterocycles. The highest BCUT2D eigenvalue weighted by atomic mass is 35.5. The van der Waals surface area contributed by atoms with E-state index in [-0.39, 0.29) is 11.4 Å². The highest BCUT2D eigenvalue weighted by Gasteiger charge is 2.12. The fourth-order valence-electron chi connectivity index (χ4n) is 1.73. The SMILES string of the molecule is OC(CSc1ccccc1)Cc1cccc(Cl)c1F. The van der Waals surface area contributed by atoms with Crippen LogP contribution >= 0.6 is 23.4 Å². The highest BCUT2D eigenvalue weighted by molar-refractivity contribution is 7.99. The Morgan fingerprint density at radius 1 is 1.11 bits per heavy atom. The lowest BCUT2D eigenvalue weighted by Crippen LogP contribution is -2.14. The molecule has 2 rings (SSSR count). The molecule has 100 valence electrons. The standard InChI is InChI=1S/C15H14ClFOS/c16-14-8-4-5-11(15(14)17)9-12(18)10-19-13-6-2-1-3-7-13/h1-8,12,18H,9-10H2. The summed E-state index contributed by atoms with van der Waals surface area (Å²) in [5.41, 5.74) is 0.452. The fourth-order valence-corrected chi connectivity index (χ4v) is 2.77. The Balaban J connectivity index is 1.91. The molecule has 2 aromatic carbocycles. The van der Waals surface area contributed by atoms with E-state index in [1.165, 1.54) is 6.07 Å². The Labute approximate surface area is 121 Å². The van der Waals surface area contributed by atoms with E-state index in [0.29, 0.717) is 11.3 Å². The zero-order valence-electron chi connectivity index (χ0n) is 10.2. The average molecular weight is 297 g/mol. The first kappa shape index (κ1) is 14.4. The minimum Gasteiger partial charge on any atom is -0.392 e. The van der Waals surface area contributed by atoms with Crippen LogP contribution in [0.3, 0.4) is 0 Å². The average Bonchev–Trinajstić information content (AvgIpc) is 2.43. The molecule has 0 bridgehead atoms. The van der Waals surface area contributed by atoms with Gasteiger partial charge in [0.15, 0.2) is 0 Å². The number of halogens is 2. The van der Waals surface area contributed by atoms with Crippen LogP contribution in [0.5, 0.6) is 0 Å². The van der Waals surface area contributed by atoms with E-state index >= 15 is 0 Å². The second kappa shape index (κ2) is 6.94. The summed E-state index contributed by atoms with van der Waals surface area (Å²) in [6.07, 6.45) is -0.329. The third-order valence-corrected chi connectivity index (χ3v) is 4.12. The molecule has 0 amide bonds. The molecule has 0 saturated carbocycles. The summed E-state index contributed by atoms with van der Waals surface area (Å²) in [6, 6.07) is 14.7. The van der Waals surface area contributed by atoms with Gasteiger partial charge in [0.05, 0.1) is 11.1 Å². The van der Waals surface area contributed by atoms with Crippen molar-refractivity contribution in [1.29, 1.82) is 0 Å². The molecule has 0 aliphatic heterocycles. The van der Waals surface area contributed by atoms with Crippen LogP contribution in [0, 0.1) is 5.82 Å². The predicted octanol–water partition coefficient (Wildman–Crippen LogP) is 4.17. The molecule has 0 fully saturated rings. The molecule has 1 N–H and O–H groups in total. The Bertz CT molecular complexity index is 533. The van der Waals surface area contributed by atoms with E-state index in [9.17, 15) is 9.50 Å². The van der Waals surface area contributed by atoms with Gasteiger partial charge in [0.25, 0.3) is 0 Å². The highest BCUT2D eigenvalue weighted by Crippen LogP contribution is 2.22.